The predicted molar refractivity (Wildman–Crippen MR) is 89.0 cm³/mol. The number of carbonyl (C=O) groups is 2. The summed E-state index contributed by atoms with van der Waals surface area (Å²) in [6.45, 7) is 1.80. The summed E-state index contributed by atoms with van der Waals surface area (Å²) >= 11 is 0. The second-order valence-electron chi connectivity index (χ2n) is 6.16. The Kier molecular flexibility index (Phi) is 4.69. The van der Waals surface area contributed by atoms with Gasteiger partial charge in [0, 0.05) is 12.5 Å². The first-order chi connectivity index (χ1) is 11.6. The fourth-order valence-electron chi connectivity index (χ4n) is 3.10. The van der Waals surface area contributed by atoms with E-state index in [1.54, 1.807) is 6.92 Å². The molecule has 5 heteroatoms. The fraction of sp³-hybridized carbons (Fsp3) is 0.368. The van der Waals surface area contributed by atoms with E-state index < -0.39 is 5.97 Å². The zero-order valence-corrected chi connectivity index (χ0v) is 13.6. The van der Waals surface area contributed by atoms with E-state index in [1.807, 2.05) is 30.3 Å². The Morgan fingerprint density at radius 1 is 1.29 bits per heavy atom. The topological polar surface area (TPSA) is 79.5 Å². The second kappa shape index (κ2) is 6.91. The maximum Gasteiger partial charge on any atom is 0.339 e. The zero-order chi connectivity index (χ0) is 17.1. The molecule has 1 saturated carbocycles. The second-order valence-corrected chi connectivity index (χ2v) is 6.16. The molecule has 1 unspecified atom stereocenters. The van der Waals surface area contributed by atoms with Gasteiger partial charge < -0.3 is 14.8 Å². The summed E-state index contributed by atoms with van der Waals surface area (Å²) in [7, 11) is 0. The van der Waals surface area contributed by atoms with Crippen molar-refractivity contribution in [2.45, 2.75) is 38.6 Å². The van der Waals surface area contributed by atoms with E-state index in [2.05, 4.69) is 5.32 Å². The van der Waals surface area contributed by atoms with E-state index in [1.165, 1.54) is 12.5 Å². The molecule has 2 N–H and O–H groups in total. The molecule has 1 amide bonds. The lowest BCUT2D eigenvalue weighted by Crippen LogP contribution is -2.36. The Morgan fingerprint density at radius 2 is 2.00 bits per heavy atom. The summed E-state index contributed by atoms with van der Waals surface area (Å²) in [6.07, 6.45) is 3.77. The van der Waals surface area contributed by atoms with E-state index in [4.69, 9.17) is 4.42 Å². The highest BCUT2D eigenvalue weighted by Gasteiger charge is 2.31. The molecule has 24 heavy (non-hydrogen) atoms. The number of aromatic carboxylic acids is 1. The highest BCUT2D eigenvalue weighted by atomic mass is 16.4. The zero-order valence-electron chi connectivity index (χ0n) is 13.6. The number of benzene rings is 1. The van der Waals surface area contributed by atoms with Crippen LogP contribution in [-0.2, 0) is 6.42 Å². The largest absolute Gasteiger partial charge is 0.478 e. The Bertz CT molecular complexity index is 731. The number of amides is 1. The predicted octanol–water partition coefficient (Wildman–Crippen LogP) is 3.81. The molecule has 2 aromatic rings. The molecule has 126 valence electrons. The number of aryl methyl sites for hydroxylation is 1. The van der Waals surface area contributed by atoms with Crippen LogP contribution in [0.3, 0.4) is 0 Å². The summed E-state index contributed by atoms with van der Waals surface area (Å²) in [4.78, 5) is 23.8. The van der Waals surface area contributed by atoms with Gasteiger partial charge in [0.1, 0.15) is 11.3 Å². The summed E-state index contributed by atoms with van der Waals surface area (Å²) in [6, 6.07) is 11.1. The van der Waals surface area contributed by atoms with Crippen LogP contribution >= 0.6 is 0 Å². The first-order valence-corrected chi connectivity index (χ1v) is 8.32. The number of nitrogens with one attached hydrogen (secondary N) is 1. The normalized spacial score (nSPS) is 15.5. The van der Waals surface area contributed by atoms with Gasteiger partial charge in [0.25, 0.3) is 5.91 Å². The van der Waals surface area contributed by atoms with Crippen LogP contribution in [0.5, 0.6) is 0 Å². The monoisotopic (exact) mass is 327 g/mol. The highest BCUT2D eigenvalue weighted by molar-refractivity contribution is 5.96. The summed E-state index contributed by atoms with van der Waals surface area (Å²) in [5.41, 5.74) is 1.12. The number of hydrogen-bond donors (Lipinski definition) is 2. The van der Waals surface area contributed by atoms with E-state index >= 15 is 0 Å². The number of carbonyl (C=O) groups excluding carboxylic acids is 1. The number of carboxylic acid groups (broad SMARTS) is 1. The van der Waals surface area contributed by atoms with Crippen LogP contribution in [0.2, 0.25) is 0 Å². The van der Waals surface area contributed by atoms with Crippen LogP contribution in [-0.4, -0.2) is 17.0 Å². The quantitative estimate of drug-likeness (QED) is 0.845. The van der Waals surface area contributed by atoms with E-state index in [9.17, 15) is 14.7 Å². The maximum absolute atomic E-state index is 12.6. The third-order valence-electron chi connectivity index (χ3n) is 4.65. The van der Waals surface area contributed by atoms with Crippen LogP contribution < -0.4 is 5.32 Å². The molecule has 0 saturated heterocycles. The van der Waals surface area contributed by atoms with Crippen molar-refractivity contribution in [3.8, 4) is 0 Å². The van der Waals surface area contributed by atoms with Gasteiger partial charge in [-0.25, -0.2) is 4.79 Å². The van der Waals surface area contributed by atoms with Crippen molar-refractivity contribution in [1.82, 2.24) is 5.32 Å². The van der Waals surface area contributed by atoms with Crippen molar-refractivity contribution in [3.63, 3.8) is 0 Å². The molecule has 5 nitrogen and oxygen atoms in total. The number of rotatable bonds is 6. The smallest absolute Gasteiger partial charge is 0.339 e. The minimum atomic E-state index is -1.08. The number of hydrogen-bond acceptors (Lipinski definition) is 3. The summed E-state index contributed by atoms with van der Waals surface area (Å²) < 4.78 is 5.46. The lowest BCUT2D eigenvalue weighted by atomic mass is 9.77. The van der Waals surface area contributed by atoms with Gasteiger partial charge in [-0.15, -0.1) is 0 Å². The molecule has 0 spiro atoms. The first-order valence-electron chi connectivity index (χ1n) is 8.32. The van der Waals surface area contributed by atoms with Gasteiger partial charge in [-0.2, -0.15) is 0 Å². The Labute approximate surface area is 140 Å². The summed E-state index contributed by atoms with van der Waals surface area (Å²) in [5, 5.41) is 12.2. The van der Waals surface area contributed by atoms with E-state index in [-0.39, 0.29) is 23.3 Å². The van der Waals surface area contributed by atoms with Crippen LogP contribution in [0.4, 0.5) is 0 Å². The van der Waals surface area contributed by atoms with Gasteiger partial charge in [-0.3, -0.25) is 4.79 Å². The molecule has 1 aromatic carbocycles. The third-order valence-corrected chi connectivity index (χ3v) is 4.65. The van der Waals surface area contributed by atoms with Gasteiger partial charge in [0.15, 0.2) is 5.76 Å². The average molecular weight is 327 g/mol. The Balaban J connectivity index is 1.82. The van der Waals surface area contributed by atoms with Gasteiger partial charge >= 0.3 is 5.97 Å². The minimum Gasteiger partial charge on any atom is -0.478 e. The van der Waals surface area contributed by atoms with Gasteiger partial charge in [0.2, 0.25) is 0 Å². The maximum atomic E-state index is 12.6. The SMILES string of the molecule is CCc1oc(C(=O)NC(c2ccccc2)C2CCC2)cc1C(=O)O. The van der Waals surface area contributed by atoms with Crippen molar-refractivity contribution in [2.24, 2.45) is 5.92 Å². The fourth-order valence-corrected chi connectivity index (χ4v) is 3.10. The van der Waals surface area contributed by atoms with E-state index in [0.29, 0.717) is 18.1 Å². The molecule has 3 rings (SSSR count). The molecule has 1 aliphatic rings. The number of furan rings is 1. The van der Waals surface area contributed by atoms with Crippen molar-refractivity contribution in [1.29, 1.82) is 0 Å². The van der Waals surface area contributed by atoms with Gasteiger partial charge in [-0.1, -0.05) is 43.7 Å². The van der Waals surface area contributed by atoms with E-state index in [0.717, 1.165) is 18.4 Å². The van der Waals surface area contributed by atoms with Gasteiger partial charge in [-0.05, 0) is 24.3 Å². The lowest BCUT2D eigenvalue weighted by Gasteiger charge is -2.34. The molecule has 1 aromatic heterocycles. The van der Waals surface area contributed by atoms with Crippen molar-refractivity contribution in [3.05, 3.63) is 59.0 Å². The van der Waals surface area contributed by atoms with Crippen LogP contribution in [0.25, 0.3) is 0 Å². The Hall–Kier alpha value is -2.56. The molecular weight excluding hydrogens is 306 g/mol. The van der Waals surface area contributed by atoms with Crippen molar-refractivity contribution >= 4 is 11.9 Å². The minimum absolute atomic E-state index is 0.0579. The average Bonchev–Trinajstić information content (AvgIpc) is 2.98. The molecule has 1 fully saturated rings. The molecule has 1 aliphatic carbocycles. The van der Waals surface area contributed by atoms with Crippen molar-refractivity contribution in [2.75, 3.05) is 0 Å². The molecular formula is C19H21NO4. The molecule has 1 atom stereocenters. The molecule has 1 heterocycles. The molecule has 0 aliphatic heterocycles. The first kappa shape index (κ1) is 16.3. The van der Waals surface area contributed by atoms with Crippen LogP contribution in [0.15, 0.2) is 40.8 Å². The lowest BCUT2D eigenvalue weighted by molar-refractivity contribution is 0.0694. The number of carboxylic acids is 1. The Morgan fingerprint density at radius 3 is 2.50 bits per heavy atom. The van der Waals surface area contributed by atoms with Gasteiger partial charge in [0.05, 0.1) is 6.04 Å². The van der Waals surface area contributed by atoms with Crippen LogP contribution in [0, 0.1) is 5.92 Å². The van der Waals surface area contributed by atoms with Crippen LogP contribution in [0.1, 0.15) is 64.5 Å². The third kappa shape index (κ3) is 3.20. The van der Waals surface area contributed by atoms with Crippen molar-refractivity contribution < 1.29 is 19.1 Å². The highest BCUT2D eigenvalue weighted by Crippen LogP contribution is 2.37. The molecule has 0 radical (unpaired) electrons. The standard InChI is InChI=1S/C19H21NO4/c1-2-15-14(19(22)23)11-16(24-15)18(21)20-17(13-9-6-10-13)12-7-4-3-5-8-12/h3-5,7-8,11,13,17H,2,6,9-10H2,1H3,(H,20,21)(H,22,23). The summed E-state index contributed by atoms with van der Waals surface area (Å²) in [5.74, 6) is -0.640. The molecule has 0 bridgehead atoms.